The fourth-order valence-electron chi connectivity index (χ4n) is 6.16. The van der Waals surface area contributed by atoms with Crippen molar-refractivity contribution in [2.75, 3.05) is 49.8 Å². The molecule has 31 heavy (non-hydrogen) atoms. The van der Waals surface area contributed by atoms with Crippen molar-refractivity contribution in [3.63, 3.8) is 0 Å². The second-order valence-corrected chi connectivity index (χ2v) is 22.4. The van der Waals surface area contributed by atoms with E-state index in [2.05, 4.69) is 75.9 Å². The summed E-state index contributed by atoms with van der Waals surface area (Å²) in [5, 5.41) is 0. The van der Waals surface area contributed by atoms with Crippen molar-refractivity contribution in [1.29, 1.82) is 0 Å². The van der Waals surface area contributed by atoms with Crippen molar-refractivity contribution in [1.82, 2.24) is 0 Å². The molecular formula is C29H68P2. The van der Waals surface area contributed by atoms with E-state index in [1.807, 2.05) is 0 Å². The van der Waals surface area contributed by atoms with E-state index in [-0.39, 0.29) is 0 Å². The molecular weight excluding hydrogens is 410 g/mol. The Balaban J connectivity index is 0. The summed E-state index contributed by atoms with van der Waals surface area (Å²) in [7, 11) is -1.82. The first-order valence-electron chi connectivity index (χ1n) is 14.5. The van der Waals surface area contributed by atoms with E-state index in [1.165, 1.54) is 69.9 Å². The fourth-order valence-corrected chi connectivity index (χ4v) is 18.5. The Morgan fingerprint density at radius 1 is 0.452 bits per heavy atom. The van der Waals surface area contributed by atoms with Crippen LogP contribution in [-0.2, 0) is 0 Å². The number of hydrogen-bond donors (Lipinski definition) is 0. The average molecular weight is 479 g/mol. The van der Waals surface area contributed by atoms with Crippen LogP contribution in [0.15, 0.2) is 0 Å². The summed E-state index contributed by atoms with van der Waals surface area (Å²) >= 11 is 0. The molecule has 0 aromatic rings. The summed E-state index contributed by atoms with van der Waals surface area (Å²) in [4.78, 5) is 0. The fraction of sp³-hybridized carbons (Fsp3) is 1.00. The second kappa shape index (κ2) is 20.3. The van der Waals surface area contributed by atoms with Crippen LogP contribution in [0, 0.1) is 17.8 Å². The average Bonchev–Trinajstić information content (AvgIpc) is 2.65. The Morgan fingerprint density at radius 3 is 0.839 bits per heavy atom. The van der Waals surface area contributed by atoms with E-state index < -0.39 is 14.5 Å². The molecule has 0 rings (SSSR count). The molecule has 0 radical (unpaired) electrons. The van der Waals surface area contributed by atoms with Crippen LogP contribution < -0.4 is 0 Å². The van der Waals surface area contributed by atoms with E-state index in [0.717, 1.165) is 17.8 Å². The van der Waals surface area contributed by atoms with Crippen LogP contribution in [0.4, 0.5) is 0 Å². The molecule has 0 heterocycles. The Hall–Kier alpha value is 0.860. The van der Waals surface area contributed by atoms with Crippen LogP contribution in [0.25, 0.3) is 0 Å². The molecule has 0 aliphatic carbocycles. The van der Waals surface area contributed by atoms with Crippen molar-refractivity contribution >= 4 is 14.5 Å². The molecule has 0 aromatic carbocycles. The minimum absolute atomic E-state index is 0.879. The third-order valence-electron chi connectivity index (χ3n) is 6.95. The molecule has 0 nitrogen and oxygen atoms in total. The van der Waals surface area contributed by atoms with Gasteiger partial charge in [0.2, 0.25) is 0 Å². The van der Waals surface area contributed by atoms with Crippen LogP contribution in [0.5, 0.6) is 0 Å². The number of hydrogen-bond acceptors (Lipinski definition) is 0. The molecule has 0 bridgehead atoms. The van der Waals surface area contributed by atoms with E-state index in [1.54, 1.807) is 24.6 Å². The predicted octanol–water partition coefficient (Wildman–Crippen LogP) is 10.3. The Bertz CT molecular complexity index is 309. The molecule has 0 amide bonds. The summed E-state index contributed by atoms with van der Waals surface area (Å²) in [6.07, 6.45) is 22.7. The normalized spacial score (nSPS) is 13.6. The van der Waals surface area contributed by atoms with Gasteiger partial charge in [0.25, 0.3) is 0 Å². The Labute approximate surface area is 202 Å². The molecule has 0 atom stereocenters. The van der Waals surface area contributed by atoms with Gasteiger partial charge in [0, 0.05) is 0 Å². The van der Waals surface area contributed by atoms with Crippen LogP contribution in [0.2, 0.25) is 0 Å². The quantitative estimate of drug-likeness (QED) is 0.172. The molecule has 0 saturated heterocycles. The van der Waals surface area contributed by atoms with Crippen LogP contribution in [0.3, 0.4) is 0 Å². The molecule has 0 fully saturated rings. The van der Waals surface area contributed by atoms with E-state index in [0.29, 0.717) is 0 Å². The minimum atomic E-state index is -0.939. The van der Waals surface area contributed by atoms with Gasteiger partial charge in [-0.05, 0) is 0 Å². The van der Waals surface area contributed by atoms with Crippen molar-refractivity contribution in [2.45, 2.75) is 121 Å². The van der Waals surface area contributed by atoms with Gasteiger partial charge in [-0.3, -0.25) is 0 Å². The van der Waals surface area contributed by atoms with Crippen LogP contribution in [0.1, 0.15) is 121 Å². The van der Waals surface area contributed by atoms with E-state index in [9.17, 15) is 0 Å². The maximum atomic E-state index is 2.62. The first-order valence-corrected chi connectivity index (χ1v) is 20.4. The summed E-state index contributed by atoms with van der Waals surface area (Å²) in [6.45, 7) is 26.3. The molecule has 0 aromatic heterocycles. The van der Waals surface area contributed by atoms with Gasteiger partial charge in [0.05, 0.1) is 0 Å². The first kappa shape index (κ1) is 34.0. The Morgan fingerprint density at radius 2 is 0.677 bits per heavy atom. The number of rotatable bonds is 18. The SMILES string of the molecule is CC(C)C[PH](C)(CC(C)C)CC(C)C.CCCC[PH](CCCC)(CCCC)CCCC. The molecule has 0 unspecified atom stereocenters. The van der Waals surface area contributed by atoms with E-state index in [4.69, 9.17) is 0 Å². The van der Waals surface area contributed by atoms with Crippen molar-refractivity contribution in [3.8, 4) is 0 Å². The molecule has 2 heteroatoms. The molecule has 0 spiro atoms. The van der Waals surface area contributed by atoms with Gasteiger partial charge in [0.15, 0.2) is 0 Å². The molecule has 0 aliphatic rings. The molecule has 0 saturated carbocycles. The summed E-state index contributed by atoms with van der Waals surface area (Å²) in [5.41, 5.74) is 0. The van der Waals surface area contributed by atoms with Crippen molar-refractivity contribution < 1.29 is 0 Å². The van der Waals surface area contributed by atoms with Crippen molar-refractivity contribution in [3.05, 3.63) is 0 Å². The van der Waals surface area contributed by atoms with Gasteiger partial charge in [-0.25, -0.2) is 0 Å². The van der Waals surface area contributed by atoms with Crippen LogP contribution >= 0.6 is 14.5 Å². The zero-order chi connectivity index (χ0) is 24.3. The third-order valence-corrected chi connectivity index (χ3v) is 18.0. The predicted molar refractivity (Wildman–Crippen MR) is 161 cm³/mol. The Kier molecular flexibility index (Phi) is 22.2. The van der Waals surface area contributed by atoms with Gasteiger partial charge < -0.3 is 0 Å². The summed E-state index contributed by atoms with van der Waals surface area (Å²) in [5.74, 6) is 2.68. The van der Waals surface area contributed by atoms with Gasteiger partial charge in [-0.1, -0.05) is 0 Å². The topological polar surface area (TPSA) is 0 Å². The van der Waals surface area contributed by atoms with Gasteiger partial charge in [-0.15, -0.1) is 0 Å². The van der Waals surface area contributed by atoms with Crippen LogP contribution in [-0.4, -0.2) is 49.8 Å². The zero-order valence-corrected chi connectivity index (χ0v) is 26.3. The number of unbranched alkanes of at least 4 members (excludes halogenated alkanes) is 4. The van der Waals surface area contributed by atoms with E-state index >= 15 is 0 Å². The zero-order valence-electron chi connectivity index (χ0n) is 24.3. The van der Waals surface area contributed by atoms with Crippen molar-refractivity contribution in [2.24, 2.45) is 17.8 Å². The molecule has 194 valence electrons. The maximum absolute atomic E-state index is 2.62. The molecule has 0 aliphatic heterocycles. The molecule has 0 N–H and O–H groups in total. The first-order chi connectivity index (χ1) is 14.5. The summed E-state index contributed by atoms with van der Waals surface area (Å²) < 4.78 is 0. The second-order valence-electron chi connectivity index (χ2n) is 12.5. The van der Waals surface area contributed by atoms with Gasteiger partial charge >= 0.3 is 203 Å². The van der Waals surface area contributed by atoms with Gasteiger partial charge in [-0.2, -0.15) is 0 Å². The standard InChI is InChI=1S/C16H37P.C13H31P/c1-5-9-13-17(14-10-6-2,15-11-7-3)16-12-8-4;1-11(2)8-14(7,9-12(3)4)10-13(5)6/h17H,5-16H2,1-4H3;11-14H,8-10H2,1-7H3. The monoisotopic (exact) mass is 478 g/mol. The third kappa shape index (κ3) is 20.0. The summed E-state index contributed by atoms with van der Waals surface area (Å²) in [6, 6.07) is 0. The van der Waals surface area contributed by atoms with Gasteiger partial charge in [0.1, 0.15) is 0 Å².